The summed E-state index contributed by atoms with van der Waals surface area (Å²) in [5.41, 5.74) is 1.13. The third kappa shape index (κ3) is 3.02. The second-order valence-corrected chi connectivity index (χ2v) is 3.80. The standard InChI is InChI=1S/C11H9BrN2O/c12-11-6-10(7-13-14-11)15-8-9-4-2-1-3-5-9/h1-7H,8H2. The van der Waals surface area contributed by atoms with E-state index in [-0.39, 0.29) is 0 Å². The molecule has 0 aliphatic heterocycles. The number of rotatable bonds is 3. The van der Waals surface area contributed by atoms with Crippen molar-refractivity contribution in [3.05, 3.63) is 52.8 Å². The normalized spacial score (nSPS) is 9.93. The van der Waals surface area contributed by atoms with E-state index in [0.717, 1.165) is 5.56 Å². The van der Waals surface area contributed by atoms with E-state index in [2.05, 4.69) is 26.1 Å². The number of hydrogen-bond acceptors (Lipinski definition) is 3. The predicted octanol–water partition coefficient (Wildman–Crippen LogP) is 2.82. The van der Waals surface area contributed by atoms with Crippen LogP contribution in [0, 0.1) is 0 Å². The van der Waals surface area contributed by atoms with Gasteiger partial charge in [0.25, 0.3) is 0 Å². The molecule has 0 N–H and O–H groups in total. The molecule has 4 heteroatoms. The van der Waals surface area contributed by atoms with Crippen LogP contribution in [0.3, 0.4) is 0 Å². The zero-order chi connectivity index (χ0) is 10.5. The minimum absolute atomic E-state index is 0.541. The Hall–Kier alpha value is -1.42. The van der Waals surface area contributed by atoms with Crippen molar-refractivity contribution in [3.8, 4) is 5.75 Å². The fourth-order valence-corrected chi connectivity index (χ4v) is 1.46. The molecule has 1 heterocycles. The number of hydrogen-bond donors (Lipinski definition) is 0. The molecule has 0 spiro atoms. The first kappa shape index (κ1) is 10.1. The lowest BCUT2D eigenvalue weighted by Gasteiger charge is -2.04. The van der Waals surface area contributed by atoms with Gasteiger partial charge in [0.1, 0.15) is 17.0 Å². The Morgan fingerprint density at radius 1 is 1.20 bits per heavy atom. The fourth-order valence-electron chi connectivity index (χ4n) is 1.14. The highest BCUT2D eigenvalue weighted by molar-refractivity contribution is 9.10. The lowest BCUT2D eigenvalue weighted by atomic mass is 10.2. The van der Waals surface area contributed by atoms with Crippen molar-refractivity contribution in [2.45, 2.75) is 6.61 Å². The van der Waals surface area contributed by atoms with Crippen LogP contribution in [-0.2, 0) is 6.61 Å². The van der Waals surface area contributed by atoms with E-state index in [4.69, 9.17) is 4.74 Å². The van der Waals surface area contributed by atoms with Gasteiger partial charge in [-0.3, -0.25) is 0 Å². The van der Waals surface area contributed by atoms with Crippen LogP contribution in [0.5, 0.6) is 5.75 Å². The topological polar surface area (TPSA) is 35.0 Å². The first-order chi connectivity index (χ1) is 7.34. The van der Waals surface area contributed by atoms with Gasteiger partial charge in [-0.15, -0.1) is 5.10 Å². The summed E-state index contributed by atoms with van der Waals surface area (Å²) in [7, 11) is 0. The Labute approximate surface area is 96.2 Å². The summed E-state index contributed by atoms with van der Waals surface area (Å²) in [5, 5.41) is 7.56. The summed E-state index contributed by atoms with van der Waals surface area (Å²) in [6.07, 6.45) is 1.59. The molecule has 1 aromatic carbocycles. The molecule has 2 rings (SSSR count). The van der Waals surface area contributed by atoms with E-state index in [0.29, 0.717) is 17.0 Å². The van der Waals surface area contributed by atoms with Gasteiger partial charge in [0.15, 0.2) is 0 Å². The lowest BCUT2D eigenvalue weighted by Crippen LogP contribution is -1.96. The molecule has 0 aliphatic carbocycles. The number of ether oxygens (including phenoxy) is 1. The Morgan fingerprint density at radius 3 is 2.73 bits per heavy atom. The number of benzene rings is 1. The molecular weight excluding hydrogens is 256 g/mol. The van der Waals surface area contributed by atoms with Gasteiger partial charge in [-0.25, -0.2) is 0 Å². The molecule has 2 aromatic rings. The molecule has 0 saturated heterocycles. The zero-order valence-corrected chi connectivity index (χ0v) is 9.52. The first-order valence-electron chi connectivity index (χ1n) is 4.49. The summed E-state index contributed by atoms with van der Waals surface area (Å²) in [5.74, 6) is 0.709. The average molecular weight is 265 g/mol. The van der Waals surface area contributed by atoms with Gasteiger partial charge < -0.3 is 4.74 Å². The molecular formula is C11H9BrN2O. The van der Waals surface area contributed by atoms with Crippen LogP contribution in [0.15, 0.2) is 47.2 Å². The molecule has 0 saturated carbocycles. The van der Waals surface area contributed by atoms with Crippen molar-refractivity contribution in [2.75, 3.05) is 0 Å². The van der Waals surface area contributed by atoms with Crippen LogP contribution in [-0.4, -0.2) is 10.2 Å². The Balaban J connectivity index is 1.99. The quantitative estimate of drug-likeness (QED) is 0.855. The molecule has 0 bridgehead atoms. The van der Waals surface area contributed by atoms with Crippen molar-refractivity contribution in [1.29, 1.82) is 0 Å². The maximum absolute atomic E-state index is 5.54. The van der Waals surface area contributed by atoms with Crippen LogP contribution < -0.4 is 4.74 Å². The summed E-state index contributed by atoms with van der Waals surface area (Å²) in [6, 6.07) is 11.8. The van der Waals surface area contributed by atoms with Crippen molar-refractivity contribution in [1.82, 2.24) is 10.2 Å². The highest BCUT2D eigenvalue weighted by atomic mass is 79.9. The summed E-state index contributed by atoms with van der Waals surface area (Å²) < 4.78 is 6.21. The van der Waals surface area contributed by atoms with E-state index in [1.54, 1.807) is 12.3 Å². The van der Waals surface area contributed by atoms with Gasteiger partial charge in [0.05, 0.1) is 6.20 Å². The van der Waals surface area contributed by atoms with Crippen molar-refractivity contribution in [3.63, 3.8) is 0 Å². The smallest absolute Gasteiger partial charge is 0.142 e. The van der Waals surface area contributed by atoms with Gasteiger partial charge in [-0.1, -0.05) is 30.3 Å². The Morgan fingerprint density at radius 2 is 2.00 bits per heavy atom. The summed E-state index contributed by atoms with van der Waals surface area (Å²) >= 11 is 3.23. The molecule has 0 amide bonds. The van der Waals surface area contributed by atoms with Gasteiger partial charge in [-0.2, -0.15) is 5.10 Å². The van der Waals surface area contributed by atoms with Crippen molar-refractivity contribution >= 4 is 15.9 Å². The summed E-state index contributed by atoms with van der Waals surface area (Å²) in [6.45, 7) is 0.541. The average Bonchev–Trinajstić information content (AvgIpc) is 2.28. The number of halogens is 1. The first-order valence-corrected chi connectivity index (χ1v) is 5.29. The van der Waals surface area contributed by atoms with E-state index >= 15 is 0 Å². The number of aromatic nitrogens is 2. The second kappa shape index (κ2) is 4.89. The van der Waals surface area contributed by atoms with E-state index in [9.17, 15) is 0 Å². The van der Waals surface area contributed by atoms with E-state index in [1.807, 2.05) is 30.3 Å². The van der Waals surface area contributed by atoms with Crippen LogP contribution >= 0.6 is 15.9 Å². The van der Waals surface area contributed by atoms with Crippen molar-refractivity contribution < 1.29 is 4.74 Å². The fraction of sp³-hybridized carbons (Fsp3) is 0.0909. The third-order valence-corrected chi connectivity index (χ3v) is 2.24. The number of nitrogens with zero attached hydrogens (tertiary/aromatic N) is 2. The monoisotopic (exact) mass is 264 g/mol. The molecule has 0 atom stereocenters. The molecule has 1 aromatic heterocycles. The summed E-state index contributed by atoms with van der Waals surface area (Å²) in [4.78, 5) is 0. The Kier molecular flexibility index (Phi) is 3.29. The van der Waals surface area contributed by atoms with Gasteiger partial charge in [0.2, 0.25) is 0 Å². The highest BCUT2D eigenvalue weighted by Crippen LogP contribution is 2.14. The van der Waals surface area contributed by atoms with Crippen LogP contribution in [0.2, 0.25) is 0 Å². The highest BCUT2D eigenvalue weighted by Gasteiger charge is 1.97. The predicted molar refractivity (Wildman–Crippen MR) is 60.5 cm³/mol. The Bertz CT molecular complexity index is 434. The minimum Gasteiger partial charge on any atom is -0.487 e. The molecule has 3 nitrogen and oxygen atoms in total. The molecule has 0 unspecified atom stereocenters. The largest absolute Gasteiger partial charge is 0.487 e. The van der Waals surface area contributed by atoms with Crippen LogP contribution in [0.25, 0.3) is 0 Å². The van der Waals surface area contributed by atoms with Gasteiger partial charge in [-0.05, 0) is 21.5 Å². The molecule has 0 aliphatic rings. The zero-order valence-electron chi connectivity index (χ0n) is 7.93. The molecule has 0 fully saturated rings. The second-order valence-electron chi connectivity index (χ2n) is 2.99. The van der Waals surface area contributed by atoms with E-state index in [1.165, 1.54) is 0 Å². The molecule has 76 valence electrons. The maximum Gasteiger partial charge on any atom is 0.142 e. The lowest BCUT2D eigenvalue weighted by molar-refractivity contribution is 0.304. The van der Waals surface area contributed by atoms with Gasteiger partial charge >= 0.3 is 0 Å². The molecule has 15 heavy (non-hydrogen) atoms. The van der Waals surface area contributed by atoms with Crippen molar-refractivity contribution in [2.24, 2.45) is 0 Å². The maximum atomic E-state index is 5.54. The minimum atomic E-state index is 0.541. The SMILES string of the molecule is Brc1cc(OCc2ccccc2)cnn1. The van der Waals surface area contributed by atoms with E-state index < -0.39 is 0 Å². The van der Waals surface area contributed by atoms with Crippen LogP contribution in [0.4, 0.5) is 0 Å². The van der Waals surface area contributed by atoms with Crippen LogP contribution in [0.1, 0.15) is 5.56 Å². The third-order valence-electron chi connectivity index (χ3n) is 1.85. The van der Waals surface area contributed by atoms with Gasteiger partial charge in [0, 0.05) is 6.07 Å². The molecule has 0 radical (unpaired) electrons.